The molecule has 0 aliphatic carbocycles. The van der Waals surface area contributed by atoms with E-state index in [9.17, 15) is 14.9 Å². The van der Waals surface area contributed by atoms with Crippen molar-refractivity contribution in [1.82, 2.24) is 9.88 Å². The number of hydrogen-bond acceptors (Lipinski definition) is 8. The fraction of sp³-hybridized carbons (Fsp3) is 0.143. The van der Waals surface area contributed by atoms with E-state index < -0.39 is 4.92 Å². The highest BCUT2D eigenvalue weighted by Crippen LogP contribution is 2.37. The SMILES string of the molecule is Cc1csc(Sc2ccc(C(=O)N(Cc3ccco3)Cc3ccco3)cc2[N+](=O)[O-])n1. The normalized spacial score (nSPS) is 10.9. The molecule has 0 bridgehead atoms. The summed E-state index contributed by atoms with van der Waals surface area (Å²) < 4.78 is 11.5. The summed E-state index contributed by atoms with van der Waals surface area (Å²) in [6.07, 6.45) is 3.06. The third-order valence-electron chi connectivity index (χ3n) is 4.34. The monoisotopic (exact) mass is 455 g/mol. The number of carbonyl (C=O) groups excluding carboxylic acids is 1. The number of thiazole rings is 1. The first kappa shape index (κ1) is 20.9. The van der Waals surface area contributed by atoms with Gasteiger partial charge in [-0.15, -0.1) is 11.3 Å². The maximum atomic E-state index is 13.2. The average molecular weight is 456 g/mol. The Morgan fingerprint density at radius 2 is 1.84 bits per heavy atom. The van der Waals surface area contributed by atoms with Crippen molar-refractivity contribution in [2.45, 2.75) is 29.2 Å². The molecule has 3 aromatic heterocycles. The first-order valence-corrected chi connectivity index (χ1v) is 10.9. The Bertz CT molecular complexity index is 1150. The molecule has 0 N–H and O–H groups in total. The van der Waals surface area contributed by atoms with Crippen molar-refractivity contribution < 1.29 is 18.6 Å². The number of nitrogens with zero attached hydrogens (tertiary/aromatic N) is 3. The molecule has 0 unspecified atom stereocenters. The summed E-state index contributed by atoms with van der Waals surface area (Å²) >= 11 is 2.63. The molecule has 4 rings (SSSR count). The van der Waals surface area contributed by atoms with E-state index in [1.165, 1.54) is 46.6 Å². The molecule has 0 fully saturated rings. The second-order valence-electron chi connectivity index (χ2n) is 6.62. The third-order valence-corrected chi connectivity index (χ3v) is 6.46. The van der Waals surface area contributed by atoms with Gasteiger partial charge in [-0.25, -0.2) is 4.98 Å². The number of nitro benzene ring substituents is 1. The smallest absolute Gasteiger partial charge is 0.284 e. The van der Waals surface area contributed by atoms with Crippen LogP contribution < -0.4 is 0 Å². The van der Waals surface area contributed by atoms with Gasteiger partial charge in [0, 0.05) is 22.7 Å². The third kappa shape index (κ3) is 5.04. The summed E-state index contributed by atoms with van der Waals surface area (Å²) in [5, 5.41) is 13.6. The highest BCUT2D eigenvalue weighted by atomic mass is 32.2. The number of rotatable bonds is 8. The molecule has 158 valence electrons. The Morgan fingerprint density at radius 3 is 2.35 bits per heavy atom. The molecule has 31 heavy (non-hydrogen) atoms. The molecular weight excluding hydrogens is 438 g/mol. The Hall–Kier alpha value is -3.37. The van der Waals surface area contributed by atoms with Crippen LogP contribution in [-0.2, 0) is 13.1 Å². The zero-order chi connectivity index (χ0) is 21.8. The van der Waals surface area contributed by atoms with E-state index in [0.717, 1.165) is 5.69 Å². The molecule has 1 amide bonds. The molecule has 0 saturated heterocycles. The number of amides is 1. The number of carbonyl (C=O) groups is 1. The van der Waals surface area contributed by atoms with E-state index in [0.29, 0.717) is 20.8 Å². The number of furan rings is 2. The predicted molar refractivity (Wildman–Crippen MR) is 115 cm³/mol. The molecule has 3 heterocycles. The summed E-state index contributed by atoms with van der Waals surface area (Å²) in [7, 11) is 0. The van der Waals surface area contributed by atoms with Gasteiger partial charge in [-0.3, -0.25) is 14.9 Å². The van der Waals surface area contributed by atoms with Crippen LogP contribution in [0.25, 0.3) is 0 Å². The summed E-state index contributed by atoms with van der Waals surface area (Å²) in [5.74, 6) is 0.832. The van der Waals surface area contributed by atoms with Gasteiger partial charge in [0.05, 0.1) is 35.4 Å². The van der Waals surface area contributed by atoms with Crippen molar-refractivity contribution >= 4 is 34.7 Å². The van der Waals surface area contributed by atoms with Crippen LogP contribution in [0.4, 0.5) is 5.69 Å². The number of aryl methyl sites for hydroxylation is 1. The largest absolute Gasteiger partial charge is 0.467 e. The standard InChI is InChI=1S/C21H17N3O5S2/c1-14-13-30-21(22-14)31-19-7-6-15(10-18(19)24(26)27)20(25)23(11-16-4-2-8-28-16)12-17-5-3-9-29-17/h2-10,13H,11-12H2,1H3. The van der Waals surface area contributed by atoms with Crippen LogP contribution in [0.15, 0.2) is 78.4 Å². The second-order valence-corrected chi connectivity index (χ2v) is 8.76. The minimum absolute atomic E-state index is 0.139. The molecular formula is C21H17N3O5S2. The number of aromatic nitrogens is 1. The Balaban J connectivity index is 1.62. The van der Waals surface area contributed by atoms with E-state index in [4.69, 9.17) is 8.83 Å². The maximum Gasteiger partial charge on any atom is 0.284 e. The fourth-order valence-corrected chi connectivity index (χ4v) is 4.79. The molecule has 10 heteroatoms. The van der Waals surface area contributed by atoms with Crippen LogP contribution in [0.5, 0.6) is 0 Å². The topological polar surface area (TPSA) is 103 Å². The highest BCUT2D eigenvalue weighted by molar-refractivity contribution is 8.01. The summed E-state index contributed by atoms with van der Waals surface area (Å²) in [4.78, 5) is 30.7. The first-order valence-electron chi connectivity index (χ1n) is 9.22. The van der Waals surface area contributed by atoms with Crippen molar-refractivity contribution in [2.24, 2.45) is 0 Å². The predicted octanol–water partition coefficient (Wildman–Crippen LogP) is 5.54. The highest BCUT2D eigenvalue weighted by Gasteiger charge is 2.24. The maximum absolute atomic E-state index is 13.2. The fourth-order valence-electron chi connectivity index (χ4n) is 2.92. The van der Waals surface area contributed by atoms with Crippen molar-refractivity contribution in [3.8, 4) is 0 Å². The van der Waals surface area contributed by atoms with Crippen LogP contribution in [-0.4, -0.2) is 20.7 Å². The minimum Gasteiger partial charge on any atom is -0.467 e. The van der Waals surface area contributed by atoms with Gasteiger partial charge in [-0.05, 0) is 43.3 Å². The van der Waals surface area contributed by atoms with Gasteiger partial charge in [0.15, 0.2) is 4.34 Å². The van der Waals surface area contributed by atoms with Gasteiger partial charge in [-0.1, -0.05) is 11.8 Å². The van der Waals surface area contributed by atoms with Gasteiger partial charge in [-0.2, -0.15) is 0 Å². The molecule has 0 aliphatic rings. The van der Waals surface area contributed by atoms with Crippen LogP contribution >= 0.6 is 23.1 Å². The van der Waals surface area contributed by atoms with Crippen molar-refractivity contribution in [1.29, 1.82) is 0 Å². The van der Waals surface area contributed by atoms with Crippen LogP contribution in [0.1, 0.15) is 27.6 Å². The van der Waals surface area contributed by atoms with E-state index in [-0.39, 0.29) is 30.2 Å². The van der Waals surface area contributed by atoms with E-state index >= 15 is 0 Å². The van der Waals surface area contributed by atoms with Crippen LogP contribution in [0.3, 0.4) is 0 Å². The summed E-state index contributed by atoms with van der Waals surface area (Å²) in [5.41, 5.74) is 0.928. The zero-order valence-electron chi connectivity index (χ0n) is 16.4. The zero-order valence-corrected chi connectivity index (χ0v) is 18.0. The molecule has 1 aromatic carbocycles. The lowest BCUT2D eigenvalue weighted by molar-refractivity contribution is -0.387. The number of hydrogen-bond donors (Lipinski definition) is 0. The minimum atomic E-state index is -0.483. The van der Waals surface area contributed by atoms with E-state index in [1.54, 1.807) is 36.4 Å². The lowest BCUT2D eigenvalue weighted by Gasteiger charge is -2.21. The average Bonchev–Trinajstić information content (AvgIpc) is 3.51. The van der Waals surface area contributed by atoms with Gasteiger partial charge >= 0.3 is 0 Å². The Kier molecular flexibility index (Phi) is 6.19. The molecule has 0 atom stereocenters. The van der Waals surface area contributed by atoms with Crippen molar-refractivity contribution in [3.05, 3.63) is 93.3 Å². The van der Waals surface area contributed by atoms with E-state index in [1.807, 2.05) is 12.3 Å². The lowest BCUT2D eigenvalue weighted by atomic mass is 10.1. The molecule has 0 saturated carbocycles. The van der Waals surface area contributed by atoms with Gasteiger partial charge in [0.2, 0.25) is 0 Å². The Labute approximate surface area is 185 Å². The summed E-state index contributed by atoms with van der Waals surface area (Å²) in [6.45, 7) is 2.27. The van der Waals surface area contributed by atoms with Crippen molar-refractivity contribution in [2.75, 3.05) is 0 Å². The first-order chi connectivity index (χ1) is 15.0. The molecule has 0 spiro atoms. The van der Waals surface area contributed by atoms with Crippen LogP contribution in [0.2, 0.25) is 0 Å². The lowest BCUT2D eigenvalue weighted by Crippen LogP contribution is -2.30. The van der Waals surface area contributed by atoms with Crippen molar-refractivity contribution in [3.63, 3.8) is 0 Å². The molecule has 4 aromatic rings. The number of nitro groups is 1. The summed E-state index contributed by atoms with van der Waals surface area (Å²) in [6, 6.07) is 11.5. The van der Waals surface area contributed by atoms with E-state index in [2.05, 4.69) is 4.98 Å². The number of benzene rings is 1. The quantitative estimate of drug-likeness (QED) is 0.254. The van der Waals surface area contributed by atoms with Crippen LogP contribution in [0, 0.1) is 17.0 Å². The molecule has 0 radical (unpaired) electrons. The van der Waals surface area contributed by atoms with Gasteiger partial charge in [0.25, 0.3) is 11.6 Å². The van der Waals surface area contributed by atoms with Gasteiger partial charge < -0.3 is 13.7 Å². The van der Waals surface area contributed by atoms with Gasteiger partial charge in [0.1, 0.15) is 11.5 Å². The Morgan fingerprint density at radius 1 is 1.16 bits per heavy atom. The molecule has 0 aliphatic heterocycles. The molecule has 8 nitrogen and oxygen atoms in total. The second kappa shape index (κ2) is 9.19.